The third kappa shape index (κ3) is 3.74. The topological polar surface area (TPSA) is 125 Å². The maximum absolute atomic E-state index is 11.1. The highest BCUT2D eigenvalue weighted by Crippen LogP contribution is 2.21. The van der Waals surface area contributed by atoms with E-state index < -0.39 is 10.0 Å². The highest BCUT2D eigenvalue weighted by molar-refractivity contribution is 7.89. The van der Waals surface area contributed by atoms with Gasteiger partial charge < -0.3 is 23.9 Å². The molecule has 0 aliphatic rings. The first-order valence-electron chi connectivity index (χ1n) is 3.63. The molecule has 15 heavy (non-hydrogen) atoms. The van der Waals surface area contributed by atoms with Crippen LogP contribution in [0.5, 0.6) is 0 Å². The summed E-state index contributed by atoms with van der Waals surface area (Å²) in [7, 11) is -3.80. The van der Waals surface area contributed by atoms with Crippen LogP contribution in [0.1, 0.15) is 1.43 Å². The molecule has 0 radical (unpaired) electrons. The van der Waals surface area contributed by atoms with Crippen molar-refractivity contribution in [1.29, 1.82) is 0 Å². The van der Waals surface area contributed by atoms with E-state index in [2.05, 4.69) is 4.99 Å². The zero-order valence-electron chi connectivity index (χ0n) is 8.59. The van der Waals surface area contributed by atoms with E-state index in [4.69, 9.17) is 16.6 Å². The van der Waals surface area contributed by atoms with Crippen molar-refractivity contribution in [2.45, 2.75) is 4.90 Å². The number of benzene rings is 1. The molecule has 0 amide bonds. The molecule has 6 N–H and O–H groups in total. The van der Waals surface area contributed by atoms with Gasteiger partial charge in [-0.15, -0.1) is 0 Å². The fourth-order valence-corrected chi connectivity index (χ4v) is 1.60. The van der Waals surface area contributed by atoms with Gasteiger partial charge in [0.25, 0.3) is 0 Å². The van der Waals surface area contributed by atoms with Gasteiger partial charge in [-0.05, 0) is 12.1 Å². The molecule has 1 rings (SSSR count). The van der Waals surface area contributed by atoms with Crippen LogP contribution in [0.15, 0.2) is 34.2 Å². The molecule has 0 aromatic heterocycles. The minimum Gasteiger partial charge on any atom is -1.00 e. The Balaban J connectivity index is 0. The van der Waals surface area contributed by atoms with Gasteiger partial charge in [0, 0.05) is 0 Å². The largest absolute Gasteiger partial charge is 1.00 e. The van der Waals surface area contributed by atoms with Crippen LogP contribution in [0.2, 0.25) is 0 Å². The van der Waals surface area contributed by atoms with Crippen LogP contribution in [0.3, 0.4) is 0 Å². The van der Waals surface area contributed by atoms with E-state index >= 15 is 0 Å². The number of primary sulfonamides is 1. The molecule has 0 spiro atoms. The minimum atomic E-state index is -3.80. The molecule has 1 aromatic carbocycles. The quantitative estimate of drug-likeness (QED) is 0.370. The van der Waals surface area contributed by atoms with Gasteiger partial charge in [0.05, 0.1) is 5.69 Å². The van der Waals surface area contributed by atoms with Crippen LogP contribution in [-0.4, -0.2) is 14.4 Å². The highest BCUT2D eigenvalue weighted by atomic mass is 35.5. The summed E-state index contributed by atoms with van der Waals surface area (Å²) < 4.78 is 22.1. The van der Waals surface area contributed by atoms with Gasteiger partial charge in [-0.3, -0.25) is 0 Å². The Bertz CT molecular complexity index is 473. The molecule has 1 aromatic rings. The lowest BCUT2D eigenvalue weighted by Crippen LogP contribution is -3.00. The highest BCUT2D eigenvalue weighted by Gasteiger charge is 2.12. The zero-order chi connectivity index (χ0) is 10.8. The van der Waals surface area contributed by atoms with E-state index in [1.165, 1.54) is 18.2 Å². The summed E-state index contributed by atoms with van der Waals surface area (Å²) in [5.74, 6) is -0.221. The number of para-hydroxylation sites is 1. The van der Waals surface area contributed by atoms with Crippen molar-refractivity contribution in [1.82, 2.24) is 0 Å². The minimum absolute atomic E-state index is 0. The maximum Gasteiger partial charge on any atom is 1.00 e. The zero-order valence-corrected chi connectivity index (χ0v) is 9.16. The van der Waals surface area contributed by atoms with Gasteiger partial charge in [-0.1, -0.05) is 12.1 Å². The number of nitrogens with zero attached hydrogens (tertiary/aromatic N) is 1. The summed E-state index contributed by atoms with van der Waals surface area (Å²) in [6.07, 6.45) is 0. The van der Waals surface area contributed by atoms with E-state index in [0.29, 0.717) is 0 Å². The second kappa shape index (κ2) is 4.96. The molecule has 0 bridgehead atoms. The Morgan fingerprint density at radius 3 is 2.27 bits per heavy atom. The summed E-state index contributed by atoms with van der Waals surface area (Å²) in [5.41, 5.74) is 10.4. The molecule has 0 atom stereocenters. The van der Waals surface area contributed by atoms with Crippen molar-refractivity contribution in [3.8, 4) is 0 Å². The third-order valence-corrected chi connectivity index (χ3v) is 2.38. The second-order valence-electron chi connectivity index (χ2n) is 2.55. The predicted octanol–water partition coefficient (Wildman–Crippen LogP) is -3.64. The van der Waals surface area contributed by atoms with E-state index in [0.717, 1.165) is 0 Å². The fraction of sp³-hybridized carbons (Fsp3) is 0. The van der Waals surface area contributed by atoms with E-state index in [-0.39, 0.29) is 30.4 Å². The van der Waals surface area contributed by atoms with Crippen molar-refractivity contribution in [2.24, 2.45) is 21.6 Å². The molecule has 0 saturated carbocycles. The fourth-order valence-electron chi connectivity index (χ4n) is 0.929. The van der Waals surface area contributed by atoms with E-state index in [9.17, 15) is 8.42 Å². The Kier molecular flexibility index (Phi) is 4.53. The monoisotopic (exact) mass is 250 g/mol. The van der Waals surface area contributed by atoms with Gasteiger partial charge >= 0.3 is 1.43 Å². The summed E-state index contributed by atoms with van der Waals surface area (Å²) in [6.45, 7) is 0. The molecule has 0 unspecified atom stereocenters. The molecule has 0 fully saturated rings. The van der Waals surface area contributed by atoms with Crippen LogP contribution in [0.4, 0.5) is 5.69 Å². The SMILES string of the molecule is NC(N)=Nc1ccccc1S(N)(=O)=O.[Cl-].[H+]. The van der Waals surface area contributed by atoms with Crippen LogP contribution in [-0.2, 0) is 10.0 Å². The van der Waals surface area contributed by atoms with E-state index in [1.807, 2.05) is 0 Å². The molecule has 0 aliphatic carbocycles. The lowest BCUT2D eigenvalue weighted by atomic mass is 10.3. The third-order valence-electron chi connectivity index (χ3n) is 1.42. The number of rotatable bonds is 2. The predicted molar refractivity (Wildman–Crippen MR) is 54.4 cm³/mol. The molecule has 0 saturated heterocycles. The van der Waals surface area contributed by atoms with Crippen molar-refractivity contribution in [3.05, 3.63) is 24.3 Å². The van der Waals surface area contributed by atoms with Crippen LogP contribution in [0.25, 0.3) is 0 Å². The first-order valence-corrected chi connectivity index (χ1v) is 5.17. The lowest BCUT2D eigenvalue weighted by molar-refractivity contribution is -0.00000591. The van der Waals surface area contributed by atoms with Gasteiger partial charge in [-0.25, -0.2) is 18.5 Å². The van der Waals surface area contributed by atoms with Crippen LogP contribution < -0.4 is 29.0 Å². The Hall–Kier alpha value is -1.31. The number of hydrogen-bond donors (Lipinski definition) is 3. The standard InChI is InChI=1S/C7H10N4O2S.ClH/c8-7(9)11-5-3-1-2-4-6(5)14(10,12)13;/h1-4H,(H4,8,9,11)(H2,10,12,13);1H. The normalized spacial score (nSPS) is 10.2. The van der Waals surface area contributed by atoms with Crippen molar-refractivity contribution in [2.75, 3.05) is 0 Å². The smallest absolute Gasteiger partial charge is 1.00 e. The molecular weight excluding hydrogens is 240 g/mol. The summed E-state index contributed by atoms with van der Waals surface area (Å²) in [5, 5.41) is 4.95. The van der Waals surface area contributed by atoms with Crippen molar-refractivity contribution < 1.29 is 22.3 Å². The number of hydrogen-bond acceptors (Lipinski definition) is 3. The number of aliphatic imine (C=N–C) groups is 1. The average molecular weight is 251 g/mol. The van der Waals surface area contributed by atoms with Gasteiger partial charge in [0.1, 0.15) is 4.90 Å². The van der Waals surface area contributed by atoms with Gasteiger partial charge in [-0.2, -0.15) is 0 Å². The summed E-state index contributed by atoms with van der Waals surface area (Å²) in [6, 6.07) is 5.93. The van der Waals surface area contributed by atoms with Crippen LogP contribution >= 0.6 is 0 Å². The Morgan fingerprint density at radius 2 is 1.80 bits per heavy atom. The molecule has 6 nitrogen and oxygen atoms in total. The van der Waals surface area contributed by atoms with E-state index in [1.54, 1.807) is 6.07 Å². The average Bonchev–Trinajstić information content (AvgIpc) is 2.01. The molecule has 8 heteroatoms. The Labute approximate surface area is 95.1 Å². The van der Waals surface area contributed by atoms with Crippen LogP contribution in [0, 0.1) is 0 Å². The number of sulfonamides is 1. The summed E-state index contributed by atoms with van der Waals surface area (Å²) >= 11 is 0. The first-order chi connectivity index (χ1) is 6.41. The number of halogens is 1. The summed E-state index contributed by atoms with van der Waals surface area (Å²) in [4.78, 5) is 3.54. The molecule has 84 valence electrons. The number of nitrogens with two attached hydrogens (primary N) is 3. The first kappa shape index (κ1) is 13.7. The maximum atomic E-state index is 11.1. The van der Waals surface area contributed by atoms with Gasteiger partial charge in [0.2, 0.25) is 10.0 Å². The molecular formula is C7H11ClN4O2S. The Morgan fingerprint density at radius 1 is 1.27 bits per heavy atom. The number of guanidine groups is 1. The van der Waals surface area contributed by atoms with Crippen molar-refractivity contribution >= 4 is 21.7 Å². The van der Waals surface area contributed by atoms with Crippen molar-refractivity contribution in [3.63, 3.8) is 0 Å². The van der Waals surface area contributed by atoms with Gasteiger partial charge in [0.15, 0.2) is 5.96 Å². The lowest BCUT2D eigenvalue weighted by Gasteiger charge is -2.02. The molecule has 0 aliphatic heterocycles. The molecule has 0 heterocycles. The second-order valence-corrected chi connectivity index (χ2v) is 4.08.